The Kier molecular flexibility index (Phi) is 3.74. The Morgan fingerprint density at radius 2 is 1.92 bits per heavy atom. The van der Waals surface area contributed by atoms with Crippen molar-refractivity contribution in [3.63, 3.8) is 0 Å². The molecule has 1 aliphatic carbocycles. The van der Waals surface area contributed by atoms with Gasteiger partial charge in [-0.25, -0.2) is 0 Å². The third-order valence-corrected chi connectivity index (χ3v) is 3.08. The van der Waals surface area contributed by atoms with Crippen molar-refractivity contribution < 1.29 is 9.84 Å². The Labute approximate surface area is 81.3 Å². The van der Waals surface area contributed by atoms with E-state index in [2.05, 4.69) is 13.8 Å². The monoisotopic (exact) mass is 186 g/mol. The number of ether oxygens (including phenoxy) is 1. The van der Waals surface area contributed by atoms with Crippen LogP contribution in [0.3, 0.4) is 0 Å². The molecule has 0 unspecified atom stereocenters. The molecule has 0 amide bonds. The zero-order valence-electron chi connectivity index (χ0n) is 9.05. The van der Waals surface area contributed by atoms with Gasteiger partial charge in [0.1, 0.15) is 0 Å². The van der Waals surface area contributed by atoms with Crippen molar-refractivity contribution >= 4 is 0 Å². The van der Waals surface area contributed by atoms with Crippen LogP contribution in [0.4, 0.5) is 0 Å². The SMILES string of the molecule is COC1(CC(C)C)CCC(O)CC1. The first kappa shape index (κ1) is 11.0. The highest BCUT2D eigenvalue weighted by Crippen LogP contribution is 2.36. The molecule has 0 aromatic heterocycles. The minimum atomic E-state index is -0.0876. The number of aliphatic hydroxyl groups excluding tert-OH is 1. The molecule has 1 aliphatic rings. The average Bonchev–Trinajstić information content (AvgIpc) is 2.09. The van der Waals surface area contributed by atoms with Gasteiger partial charge in [0.2, 0.25) is 0 Å². The van der Waals surface area contributed by atoms with Gasteiger partial charge in [-0.15, -0.1) is 0 Å². The number of hydrogen-bond acceptors (Lipinski definition) is 2. The predicted octanol–water partition coefficient (Wildman–Crippen LogP) is 2.35. The van der Waals surface area contributed by atoms with Crippen LogP contribution in [0.15, 0.2) is 0 Å². The molecule has 13 heavy (non-hydrogen) atoms. The standard InChI is InChI=1S/C11H22O2/c1-9(2)8-11(13-3)6-4-10(12)5-7-11/h9-10,12H,4-8H2,1-3H3. The van der Waals surface area contributed by atoms with E-state index >= 15 is 0 Å². The molecule has 0 spiro atoms. The van der Waals surface area contributed by atoms with Crippen molar-refractivity contribution in [2.45, 2.75) is 57.7 Å². The first-order chi connectivity index (χ1) is 6.08. The van der Waals surface area contributed by atoms with Crippen LogP contribution >= 0.6 is 0 Å². The Balaban J connectivity index is 2.50. The van der Waals surface area contributed by atoms with Crippen LogP contribution < -0.4 is 0 Å². The lowest BCUT2D eigenvalue weighted by atomic mass is 9.78. The van der Waals surface area contributed by atoms with Gasteiger partial charge in [-0.1, -0.05) is 13.8 Å². The summed E-state index contributed by atoms with van der Waals surface area (Å²) in [6, 6.07) is 0. The molecule has 1 saturated carbocycles. The van der Waals surface area contributed by atoms with Crippen molar-refractivity contribution in [3.8, 4) is 0 Å². The number of hydrogen-bond donors (Lipinski definition) is 1. The molecule has 0 aliphatic heterocycles. The highest BCUT2D eigenvalue weighted by atomic mass is 16.5. The summed E-state index contributed by atoms with van der Waals surface area (Å²) >= 11 is 0. The molecule has 0 aromatic rings. The molecule has 0 atom stereocenters. The molecule has 0 saturated heterocycles. The second-order valence-electron chi connectivity index (χ2n) is 4.72. The summed E-state index contributed by atoms with van der Waals surface area (Å²) in [4.78, 5) is 0. The molecular weight excluding hydrogens is 164 g/mol. The van der Waals surface area contributed by atoms with Gasteiger partial charge in [0.15, 0.2) is 0 Å². The molecule has 2 heteroatoms. The second kappa shape index (κ2) is 4.43. The molecule has 0 bridgehead atoms. The summed E-state index contributed by atoms with van der Waals surface area (Å²) in [5.74, 6) is 0.676. The molecule has 0 radical (unpaired) electrons. The lowest BCUT2D eigenvalue weighted by Crippen LogP contribution is -2.38. The smallest absolute Gasteiger partial charge is 0.0683 e. The summed E-state index contributed by atoms with van der Waals surface area (Å²) in [6.45, 7) is 4.46. The van der Waals surface area contributed by atoms with E-state index in [1.54, 1.807) is 7.11 Å². The summed E-state index contributed by atoms with van der Waals surface area (Å²) < 4.78 is 5.63. The van der Waals surface area contributed by atoms with Crippen LogP contribution in [0.2, 0.25) is 0 Å². The maximum absolute atomic E-state index is 9.42. The van der Waals surface area contributed by atoms with E-state index in [4.69, 9.17) is 4.74 Å². The summed E-state index contributed by atoms with van der Waals surface area (Å²) in [6.07, 6.45) is 4.87. The fourth-order valence-electron chi connectivity index (χ4n) is 2.36. The van der Waals surface area contributed by atoms with Crippen molar-refractivity contribution in [3.05, 3.63) is 0 Å². The van der Waals surface area contributed by atoms with Gasteiger partial charge < -0.3 is 9.84 Å². The predicted molar refractivity (Wildman–Crippen MR) is 53.7 cm³/mol. The molecule has 1 N–H and O–H groups in total. The van der Waals surface area contributed by atoms with Crippen molar-refractivity contribution in [2.24, 2.45) is 5.92 Å². The zero-order chi connectivity index (χ0) is 9.90. The van der Waals surface area contributed by atoms with E-state index in [0.717, 1.165) is 32.1 Å². The Morgan fingerprint density at radius 3 is 2.31 bits per heavy atom. The van der Waals surface area contributed by atoms with Crippen LogP contribution in [0.25, 0.3) is 0 Å². The second-order valence-corrected chi connectivity index (χ2v) is 4.72. The first-order valence-corrected chi connectivity index (χ1v) is 5.31. The molecule has 78 valence electrons. The minimum Gasteiger partial charge on any atom is -0.393 e. The van der Waals surface area contributed by atoms with E-state index in [1.807, 2.05) is 0 Å². The molecule has 1 fully saturated rings. The topological polar surface area (TPSA) is 29.5 Å². The maximum atomic E-state index is 9.42. The number of rotatable bonds is 3. The lowest BCUT2D eigenvalue weighted by Gasteiger charge is -2.39. The molecule has 1 rings (SSSR count). The zero-order valence-corrected chi connectivity index (χ0v) is 9.05. The molecule has 2 nitrogen and oxygen atoms in total. The summed E-state index contributed by atoms with van der Waals surface area (Å²) in [5.41, 5.74) is 0.0629. The Hall–Kier alpha value is -0.0800. The highest BCUT2D eigenvalue weighted by Gasteiger charge is 2.35. The minimum absolute atomic E-state index is 0.0629. The van der Waals surface area contributed by atoms with Gasteiger partial charge in [0.25, 0.3) is 0 Å². The van der Waals surface area contributed by atoms with Gasteiger partial charge in [0.05, 0.1) is 11.7 Å². The fourth-order valence-corrected chi connectivity index (χ4v) is 2.36. The van der Waals surface area contributed by atoms with Gasteiger partial charge in [-0.2, -0.15) is 0 Å². The Bertz CT molecular complexity index is 146. The number of methoxy groups -OCH3 is 1. The van der Waals surface area contributed by atoms with Crippen LogP contribution in [-0.2, 0) is 4.74 Å². The maximum Gasteiger partial charge on any atom is 0.0683 e. The van der Waals surface area contributed by atoms with Crippen molar-refractivity contribution in [1.29, 1.82) is 0 Å². The average molecular weight is 186 g/mol. The van der Waals surface area contributed by atoms with Crippen LogP contribution in [-0.4, -0.2) is 23.9 Å². The van der Waals surface area contributed by atoms with Crippen molar-refractivity contribution in [2.75, 3.05) is 7.11 Å². The van der Waals surface area contributed by atoms with Crippen LogP contribution in [0, 0.1) is 5.92 Å². The van der Waals surface area contributed by atoms with Gasteiger partial charge in [-0.05, 0) is 38.0 Å². The fraction of sp³-hybridized carbons (Fsp3) is 1.00. The normalized spacial score (nSPS) is 35.3. The largest absolute Gasteiger partial charge is 0.393 e. The van der Waals surface area contributed by atoms with Crippen molar-refractivity contribution in [1.82, 2.24) is 0 Å². The highest BCUT2D eigenvalue weighted by molar-refractivity contribution is 4.87. The van der Waals surface area contributed by atoms with E-state index < -0.39 is 0 Å². The number of aliphatic hydroxyl groups is 1. The first-order valence-electron chi connectivity index (χ1n) is 5.31. The quantitative estimate of drug-likeness (QED) is 0.733. The van der Waals surface area contributed by atoms with Crippen LogP contribution in [0.5, 0.6) is 0 Å². The van der Waals surface area contributed by atoms with Gasteiger partial charge in [0, 0.05) is 7.11 Å². The molecule has 0 heterocycles. The summed E-state index contributed by atoms with van der Waals surface area (Å²) in [5, 5.41) is 9.42. The van der Waals surface area contributed by atoms with Gasteiger partial charge >= 0.3 is 0 Å². The van der Waals surface area contributed by atoms with Gasteiger partial charge in [-0.3, -0.25) is 0 Å². The third kappa shape index (κ3) is 2.96. The third-order valence-electron chi connectivity index (χ3n) is 3.08. The van der Waals surface area contributed by atoms with E-state index in [-0.39, 0.29) is 11.7 Å². The van der Waals surface area contributed by atoms with E-state index in [1.165, 1.54) is 0 Å². The van der Waals surface area contributed by atoms with Crippen LogP contribution in [0.1, 0.15) is 46.0 Å². The van der Waals surface area contributed by atoms with E-state index in [0.29, 0.717) is 5.92 Å². The molecular formula is C11H22O2. The molecule has 0 aromatic carbocycles. The summed E-state index contributed by atoms with van der Waals surface area (Å²) in [7, 11) is 1.81. The van der Waals surface area contributed by atoms with E-state index in [9.17, 15) is 5.11 Å². The lowest BCUT2D eigenvalue weighted by molar-refractivity contribution is -0.0757. The Morgan fingerprint density at radius 1 is 1.38 bits per heavy atom.